The first-order valence-corrected chi connectivity index (χ1v) is 8.74. The molecule has 2 rings (SSSR count). The van der Waals surface area contributed by atoms with E-state index < -0.39 is 11.6 Å². The predicted octanol–water partition coefficient (Wildman–Crippen LogP) is 4.55. The zero-order valence-electron chi connectivity index (χ0n) is 15.7. The lowest BCUT2D eigenvalue weighted by molar-refractivity contribution is -0.132. The quantitative estimate of drug-likeness (QED) is 0.502. The minimum atomic E-state index is -0.926. The molecule has 4 nitrogen and oxygen atoms in total. The largest absolute Gasteiger partial charge is 0.494 e. The molecule has 144 valence electrons. The molecule has 0 aliphatic rings. The van der Waals surface area contributed by atoms with Crippen molar-refractivity contribution in [2.24, 2.45) is 0 Å². The van der Waals surface area contributed by atoms with Gasteiger partial charge in [-0.15, -0.1) is 0 Å². The molecule has 0 aromatic heterocycles. The number of carbonyl (C=O) groups is 2. The molecule has 0 radical (unpaired) electrons. The van der Waals surface area contributed by atoms with Crippen molar-refractivity contribution in [1.29, 1.82) is 0 Å². The molecular weight excluding hydrogens is 352 g/mol. The van der Waals surface area contributed by atoms with E-state index in [-0.39, 0.29) is 24.2 Å². The second kappa shape index (κ2) is 9.26. The van der Waals surface area contributed by atoms with Crippen LogP contribution < -0.4 is 4.74 Å². The molecule has 27 heavy (non-hydrogen) atoms. The first-order valence-electron chi connectivity index (χ1n) is 8.74. The van der Waals surface area contributed by atoms with Gasteiger partial charge in [0.05, 0.1) is 12.6 Å². The van der Waals surface area contributed by atoms with Gasteiger partial charge < -0.3 is 9.64 Å². The Morgan fingerprint density at radius 2 is 1.74 bits per heavy atom. The van der Waals surface area contributed by atoms with Gasteiger partial charge in [0.1, 0.15) is 5.75 Å². The van der Waals surface area contributed by atoms with Crippen molar-refractivity contribution >= 4 is 11.7 Å². The topological polar surface area (TPSA) is 46.6 Å². The number of hydrogen-bond acceptors (Lipinski definition) is 3. The maximum atomic E-state index is 13.4. The van der Waals surface area contributed by atoms with E-state index in [1.165, 1.54) is 17.9 Å². The number of hydrogen-bond donors (Lipinski definition) is 0. The van der Waals surface area contributed by atoms with E-state index in [9.17, 15) is 18.4 Å². The molecule has 0 saturated heterocycles. The number of nitrogens with zero attached hydrogens (tertiary/aromatic N) is 1. The minimum Gasteiger partial charge on any atom is -0.494 e. The van der Waals surface area contributed by atoms with Crippen LogP contribution in [0.3, 0.4) is 0 Å². The van der Waals surface area contributed by atoms with Crippen LogP contribution in [0.25, 0.3) is 0 Å². The van der Waals surface area contributed by atoms with Crippen molar-refractivity contribution in [3.05, 3.63) is 65.2 Å². The number of ketones is 1. The second-order valence-corrected chi connectivity index (χ2v) is 6.39. The number of benzene rings is 2. The Kier molecular flexibility index (Phi) is 7.05. The molecule has 0 bridgehead atoms. The first kappa shape index (κ1) is 20.6. The highest BCUT2D eigenvalue weighted by atomic mass is 19.2. The van der Waals surface area contributed by atoms with Crippen LogP contribution in [0.4, 0.5) is 8.78 Å². The van der Waals surface area contributed by atoms with Crippen LogP contribution in [0, 0.1) is 11.6 Å². The average Bonchev–Trinajstić information content (AvgIpc) is 2.66. The third-order valence-electron chi connectivity index (χ3n) is 4.46. The van der Waals surface area contributed by atoms with Crippen molar-refractivity contribution in [2.45, 2.75) is 32.7 Å². The fraction of sp³-hybridized carbons (Fsp3) is 0.333. The van der Waals surface area contributed by atoms with Gasteiger partial charge in [0, 0.05) is 19.0 Å². The van der Waals surface area contributed by atoms with E-state index in [4.69, 9.17) is 4.74 Å². The summed E-state index contributed by atoms with van der Waals surface area (Å²) in [4.78, 5) is 25.0. The summed E-state index contributed by atoms with van der Waals surface area (Å²) in [5.41, 5.74) is 1.15. The van der Waals surface area contributed by atoms with Gasteiger partial charge in [-0.05, 0) is 62.2 Å². The van der Waals surface area contributed by atoms with Crippen LogP contribution in [-0.2, 0) is 4.79 Å². The molecule has 0 heterocycles. The Morgan fingerprint density at radius 3 is 2.33 bits per heavy atom. The molecule has 1 atom stereocenters. The fourth-order valence-electron chi connectivity index (χ4n) is 2.59. The summed E-state index contributed by atoms with van der Waals surface area (Å²) in [5.74, 6) is -1.32. The molecular formula is C21H23F2NO3. The highest BCUT2D eigenvalue weighted by Crippen LogP contribution is 2.22. The van der Waals surface area contributed by atoms with Gasteiger partial charge in [0.15, 0.2) is 17.4 Å². The average molecular weight is 375 g/mol. The van der Waals surface area contributed by atoms with Crippen molar-refractivity contribution in [2.75, 3.05) is 13.7 Å². The SMILES string of the molecule is CC(=O)c1ccc(OCCCC(=O)N(C)C(C)c2ccc(F)c(F)c2)cc1. The van der Waals surface area contributed by atoms with Gasteiger partial charge in [-0.1, -0.05) is 6.07 Å². The van der Waals surface area contributed by atoms with Crippen molar-refractivity contribution in [1.82, 2.24) is 4.90 Å². The van der Waals surface area contributed by atoms with Crippen LogP contribution in [0.1, 0.15) is 48.7 Å². The lowest BCUT2D eigenvalue weighted by Gasteiger charge is -2.25. The van der Waals surface area contributed by atoms with Crippen molar-refractivity contribution < 1.29 is 23.1 Å². The monoisotopic (exact) mass is 375 g/mol. The summed E-state index contributed by atoms with van der Waals surface area (Å²) in [5, 5.41) is 0. The molecule has 0 aliphatic carbocycles. The first-order chi connectivity index (χ1) is 12.8. The second-order valence-electron chi connectivity index (χ2n) is 6.39. The Morgan fingerprint density at radius 1 is 1.07 bits per heavy atom. The molecule has 6 heteroatoms. The van der Waals surface area contributed by atoms with Crippen LogP contribution in [-0.4, -0.2) is 30.2 Å². The van der Waals surface area contributed by atoms with Crippen LogP contribution in [0.2, 0.25) is 0 Å². The van der Waals surface area contributed by atoms with Crippen molar-refractivity contribution in [3.63, 3.8) is 0 Å². The maximum Gasteiger partial charge on any atom is 0.222 e. The number of ether oxygens (including phenoxy) is 1. The van der Waals surface area contributed by atoms with E-state index in [0.29, 0.717) is 29.9 Å². The summed E-state index contributed by atoms with van der Waals surface area (Å²) in [6.45, 7) is 3.62. The molecule has 0 N–H and O–H groups in total. The molecule has 0 aliphatic heterocycles. The number of amides is 1. The summed E-state index contributed by atoms with van der Waals surface area (Å²) in [6, 6.07) is 10.1. The zero-order chi connectivity index (χ0) is 20.0. The number of Topliss-reactive ketones (excluding diaryl/α,β-unsaturated/α-hetero) is 1. The highest BCUT2D eigenvalue weighted by molar-refractivity contribution is 5.94. The summed E-state index contributed by atoms with van der Waals surface area (Å²) in [6.07, 6.45) is 0.790. The predicted molar refractivity (Wildman–Crippen MR) is 98.7 cm³/mol. The standard InChI is InChI=1S/C21H23F2NO3/c1-14(17-8-11-19(22)20(23)13-17)24(3)21(26)5-4-12-27-18-9-6-16(7-10-18)15(2)25/h6-11,13-14H,4-5,12H2,1-3H3. The Hall–Kier alpha value is -2.76. The van der Waals surface area contributed by atoms with Gasteiger partial charge in [0.25, 0.3) is 0 Å². The fourth-order valence-corrected chi connectivity index (χ4v) is 2.59. The van der Waals surface area contributed by atoms with Crippen LogP contribution in [0.15, 0.2) is 42.5 Å². The number of halogens is 2. The lowest BCUT2D eigenvalue weighted by atomic mass is 10.1. The normalized spacial score (nSPS) is 11.7. The Balaban J connectivity index is 1.80. The van der Waals surface area contributed by atoms with E-state index in [2.05, 4.69) is 0 Å². The van der Waals surface area contributed by atoms with Crippen molar-refractivity contribution in [3.8, 4) is 5.75 Å². The molecule has 1 amide bonds. The Labute approximate surface area is 157 Å². The molecule has 2 aromatic rings. The summed E-state index contributed by atoms with van der Waals surface area (Å²) in [7, 11) is 1.63. The van der Waals surface area contributed by atoms with Gasteiger partial charge in [-0.25, -0.2) is 8.78 Å². The van der Waals surface area contributed by atoms with Gasteiger partial charge >= 0.3 is 0 Å². The molecule has 2 aromatic carbocycles. The van der Waals surface area contributed by atoms with E-state index in [0.717, 1.165) is 12.1 Å². The van der Waals surface area contributed by atoms with Gasteiger partial charge in [0.2, 0.25) is 5.91 Å². The molecule has 1 unspecified atom stereocenters. The summed E-state index contributed by atoms with van der Waals surface area (Å²) >= 11 is 0. The van der Waals surface area contributed by atoms with Gasteiger partial charge in [-0.3, -0.25) is 9.59 Å². The molecule has 0 spiro atoms. The van der Waals surface area contributed by atoms with E-state index >= 15 is 0 Å². The molecule has 0 saturated carbocycles. The Bertz CT molecular complexity index is 806. The lowest BCUT2D eigenvalue weighted by Crippen LogP contribution is -2.29. The zero-order valence-corrected chi connectivity index (χ0v) is 15.7. The van der Waals surface area contributed by atoms with Gasteiger partial charge in [-0.2, -0.15) is 0 Å². The maximum absolute atomic E-state index is 13.4. The minimum absolute atomic E-state index is 0.00894. The number of carbonyl (C=O) groups excluding carboxylic acids is 2. The third-order valence-corrected chi connectivity index (χ3v) is 4.46. The smallest absolute Gasteiger partial charge is 0.222 e. The number of rotatable bonds is 8. The van der Waals surface area contributed by atoms with Crippen LogP contribution in [0.5, 0.6) is 5.75 Å². The highest BCUT2D eigenvalue weighted by Gasteiger charge is 2.18. The van der Waals surface area contributed by atoms with E-state index in [1.54, 1.807) is 38.2 Å². The van der Waals surface area contributed by atoms with E-state index in [1.807, 2.05) is 0 Å². The molecule has 0 fully saturated rings. The third kappa shape index (κ3) is 5.61. The summed E-state index contributed by atoms with van der Waals surface area (Å²) < 4.78 is 32.0. The van der Waals surface area contributed by atoms with Crippen LogP contribution >= 0.6 is 0 Å².